The fourth-order valence-corrected chi connectivity index (χ4v) is 3.16. The first-order valence-electron chi connectivity index (χ1n) is 6.78. The van der Waals surface area contributed by atoms with E-state index in [1.165, 1.54) is 48.9 Å². The first-order chi connectivity index (χ1) is 8.34. The number of nitrogens with zero attached hydrogens (tertiary/aromatic N) is 1. The molecule has 0 saturated heterocycles. The molecule has 2 nitrogen and oxygen atoms in total. The molecule has 1 aromatic rings. The highest BCUT2D eigenvalue weighted by molar-refractivity contribution is 6.04. The van der Waals surface area contributed by atoms with Crippen molar-refractivity contribution in [3.63, 3.8) is 0 Å². The number of anilines is 1. The van der Waals surface area contributed by atoms with E-state index in [1.54, 1.807) is 0 Å². The van der Waals surface area contributed by atoms with Crippen LogP contribution in [0.25, 0.3) is 0 Å². The number of nitrogen functional groups attached to an aromatic ring is 1. The number of aliphatic imine (C=N–C) groups is 1. The second-order valence-electron chi connectivity index (χ2n) is 5.27. The number of benzene rings is 1. The van der Waals surface area contributed by atoms with E-state index in [1.807, 2.05) is 6.07 Å². The van der Waals surface area contributed by atoms with Crippen molar-refractivity contribution in [1.29, 1.82) is 0 Å². The van der Waals surface area contributed by atoms with Gasteiger partial charge in [-0.2, -0.15) is 0 Å². The maximum atomic E-state index is 5.92. The Kier molecular flexibility index (Phi) is 2.87. The lowest BCUT2D eigenvalue weighted by molar-refractivity contribution is 0.438. The van der Waals surface area contributed by atoms with Gasteiger partial charge in [0.2, 0.25) is 0 Å². The van der Waals surface area contributed by atoms with Crippen LogP contribution in [0.2, 0.25) is 0 Å². The third kappa shape index (κ3) is 2.08. The van der Waals surface area contributed by atoms with Gasteiger partial charge in [0.25, 0.3) is 0 Å². The average Bonchev–Trinajstić information content (AvgIpc) is 2.39. The van der Waals surface area contributed by atoms with Gasteiger partial charge in [-0.15, -0.1) is 0 Å². The lowest BCUT2D eigenvalue weighted by Crippen LogP contribution is -2.24. The summed E-state index contributed by atoms with van der Waals surface area (Å²) in [4.78, 5) is 4.80. The minimum Gasteiger partial charge on any atom is -0.399 e. The summed E-state index contributed by atoms with van der Waals surface area (Å²) >= 11 is 0. The van der Waals surface area contributed by atoms with E-state index < -0.39 is 0 Å². The molecule has 0 atom stereocenters. The van der Waals surface area contributed by atoms with E-state index in [2.05, 4.69) is 12.1 Å². The van der Waals surface area contributed by atoms with Crippen LogP contribution in [0.3, 0.4) is 0 Å². The van der Waals surface area contributed by atoms with Gasteiger partial charge in [-0.1, -0.05) is 25.3 Å². The Hall–Kier alpha value is -1.31. The van der Waals surface area contributed by atoms with Crippen molar-refractivity contribution in [2.45, 2.75) is 38.5 Å². The molecule has 0 aromatic heterocycles. The van der Waals surface area contributed by atoms with Crippen LogP contribution in [0.15, 0.2) is 23.2 Å². The third-order valence-corrected chi connectivity index (χ3v) is 4.07. The van der Waals surface area contributed by atoms with Gasteiger partial charge < -0.3 is 5.73 Å². The van der Waals surface area contributed by atoms with E-state index in [-0.39, 0.29) is 0 Å². The van der Waals surface area contributed by atoms with Gasteiger partial charge in [-0.25, -0.2) is 0 Å². The van der Waals surface area contributed by atoms with Crippen LogP contribution in [-0.2, 0) is 6.42 Å². The summed E-state index contributed by atoms with van der Waals surface area (Å²) in [7, 11) is 0. The SMILES string of the molecule is Nc1ccc2c(c1)C(C1CCCCC1)=NCC2. The lowest BCUT2D eigenvalue weighted by Gasteiger charge is -2.27. The molecule has 17 heavy (non-hydrogen) atoms. The Morgan fingerprint density at radius 1 is 1.12 bits per heavy atom. The van der Waals surface area contributed by atoms with Crippen LogP contribution in [0.5, 0.6) is 0 Å². The molecule has 1 aliphatic carbocycles. The molecule has 1 heterocycles. The summed E-state index contributed by atoms with van der Waals surface area (Å²) in [6, 6.07) is 6.33. The molecule has 0 amide bonds. The zero-order valence-corrected chi connectivity index (χ0v) is 10.3. The third-order valence-electron chi connectivity index (χ3n) is 4.07. The molecule has 0 spiro atoms. The van der Waals surface area contributed by atoms with Crippen LogP contribution in [0, 0.1) is 5.92 Å². The van der Waals surface area contributed by atoms with Crippen LogP contribution >= 0.6 is 0 Å². The van der Waals surface area contributed by atoms with Crippen molar-refractivity contribution in [2.75, 3.05) is 12.3 Å². The van der Waals surface area contributed by atoms with Crippen LogP contribution in [0.4, 0.5) is 5.69 Å². The average molecular weight is 228 g/mol. The second kappa shape index (κ2) is 4.52. The lowest BCUT2D eigenvalue weighted by atomic mass is 9.80. The standard InChI is InChI=1S/C15H20N2/c16-13-7-6-11-8-9-17-15(14(11)10-13)12-4-2-1-3-5-12/h6-7,10,12H,1-5,8-9,16H2. The molecule has 1 aliphatic heterocycles. The molecule has 0 unspecified atom stereocenters. The predicted octanol–water partition coefficient (Wildman–Crippen LogP) is 3.19. The number of fused-ring (bicyclic) bond motifs is 1. The minimum atomic E-state index is 0.685. The fourth-order valence-electron chi connectivity index (χ4n) is 3.16. The number of hydrogen-bond acceptors (Lipinski definition) is 2. The molecule has 0 radical (unpaired) electrons. The molecule has 2 N–H and O–H groups in total. The first-order valence-corrected chi connectivity index (χ1v) is 6.78. The second-order valence-corrected chi connectivity index (χ2v) is 5.27. The van der Waals surface area contributed by atoms with E-state index in [0.717, 1.165) is 18.7 Å². The van der Waals surface area contributed by atoms with Crippen molar-refractivity contribution in [3.05, 3.63) is 29.3 Å². The summed E-state index contributed by atoms with van der Waals surface area (Å²) in [6.45, 7) is 0.961. The topological polar surface area (TPSA) is 38.4 Å². The molecular formula is C15H20N2. The van der Waals surface area contributed by atoms with Crippen molar-refractivity contribution in [1.82, 2.24) is 0 Å². The smallest absolute Gasteiger partial charge is 0.0455 e. The Morgan fingerprint density at radius 3 is 2.76 bits per heavy atom. The van der Waals surface area contributed by atoms with Crippen LogP contribution in [-0.4, -0.2) is 12.3 Å². The van der Waals surface area contributed by atoms with Crippen molar-refractivity contribution in [2.24, 2.45) is 10.9 Å². The molecule has 3 rings (SSSR count). The Morgan fingerprint density at radius 2 is 1.94 bits per heavy atom. The highest BCUT2D eigenvalue weighted by Gasteiger charge is 2.24. The van der Waals surface area contributed by atoms with Gasteiger partial charge in [0, 0.05) is 29.4 Å². The Labute approximate surface area is 103 Å². The molecule has 2 aliphatic rings. The molecular weight excluding hydrogens is 208 g/mol. The van der Waals surface area contributed by atoms with Gasteiger partial charge in [-0.05, 0) is 37.0 Å². The summed E-state index contributed by atoms with van der Waals surface area (Å²) in [5, 5.41) is 0. The first kappa shape index (κ1) is 10.8. The van der Waals surface area contributed by atoms with Gasteiger partial charge in [-0.3, -0.25) is 4.99 Å². The van der Waals surface area contributed by atoms with Gasteiger partial charge in [0.05, 0.1) is 0 Å². The summed E-state index contributed by atoms with van der Waals surface area (Å²) in [5.74, 6) is 0.685. The van der Waals surface area contributed by atoms with E-state index in [4.69, 9.17) is 10.7 Å². The molecule has 90 valence electrons. The molecule has 1 fully saturated rings. The Bertz CT molecular complexity index is 442. The fraction of sp³-hybridized carbons (Fsp3) is 0.533. The Balaban J connectivity index is 1.95. The largest absolute Gasteiger partial charge is 0.399 e. The molecule has 1 saturated carbocycles. The normalized spacial score (nSPS) is 20.8. The van der Waals surface area contributed by atoms with Crippen molar-refractivity contribution < 1.29 is 0 Å². The predicted molar refractivity (Wildman–Crippen MR) is 72.5 cm³/mol. The number of nitrogens with two attached hydrogens (primary N) is 1. The van der Waals surface area contributed by atoms with Gasteiger partial charge >= 0.3 is 0 Å². The summed E-state index contributed by atoms with van der Waals surface area (Å²) in [6.07, 6.45) is 7.82. The molecule has 1 aromatic carbocycles. The van der Waals surface area contributed by atoms with Crippen molar-refractivity contribution >= 4 is 11.4 Å². The minimum absolute atomic E-state index is 0.685. The highest BCUT2D eigenvalue weighted by atomic mass is 14.8. The summed E-state index contributed by atoms with van der Waals surface area (Å²) < 4.78 is 0. The zero-order valence-electron chi connectivity index (χ0n) is 10.3. The highest BCUT2D eigenvalue weighted by Crippen LogP contribution is 2.31. The van der Waals surface area contributed by atoms with E-state index in [9.17, 15) is 0 Å². The van der Waals surface area contributed by atoms with Crippen LogP contribution < -0.4 is 5.73 Å². The van der Waals surface area contributed by atoms with E-state index in [0.29, 0.717) is 5.92 Å². The molecule has 0 bridgehead atoms. The number of rotatable bonds is 1. The maximum Gasteiger partial charge on any atom is 0.0455 e. The van der Waals surface area contributed by atoms with Gasteiger partial charge in [0.1, 0.15) is 0 Å². The number of hydrogen-bond donors (Lipinski definition) is 1. The zero-order chi connectivity index (χ0) is 11.7. The van der Waals surface area contributed by atoms with E-state index >= 15 is 0 Å². The maximum absolute atomic E-state index is 5.92. The summed E-state index contributed by atoms with van der Waals surface area (Å²) in [5.41, 5.74) is 10.9. The van der Waals surface area contributed by atoms with Crippen molar-refractivity contribution in [3.8, 4) is 0 Å². The monoisotopic (exact) mass is 228 g/mol. The molecule has 2 heteroatoms. The van der Waals surface area contributed by atoms with Gasteiger partial charge in [0.15, 0.2) is 0 Å². The van der Waals surface area contributed by atoms with Crippen LogP contribution in [0.1, 0.15) is 43.2 Å². The quantitative estimate of drug-likeness (QED) is 0.736.